The van der Waals surface area contributed by atoms with Crippen molar-refractivity contribution in [2.45, 2.75) is 6.54 Å². The highest BCUT2D eigenvalue weighted by molar-refractivity contribution is 5.69. The molecule has 0 aliphatic carbocycles. The fourth-order valence-electron chi connectivity index (χ4n) is 1.72. The Bertz CT molecular complexity index is 649. The van der Waals surface area contributed by atoms with E-state index >= 15 is 0 Å². The predicted octanol–water partition coefficient (Wildman–Crippen LogP) is 1.44. The van der Waals surface area contributed by atoms with Crippen LogP contribution in [0.3, 0.4) is 0 Å². The van der Waals surface area contributed by atoms with E-state index in [-0.39, 0.29) is 17.3 Å². The van der Waals surface area contributed by atoms with Gasteiger partial charge in [-0.15, -0.1) is 0 Å². The van der Waals surface area contributed by atoms with Gasteiger partial charge in [-0.3, -0.25) is 10.1 Å². The van der Waals surface area contributed by atoms with Gasteiger partial charge in [-0.1, -0.05) is 0 Å². The highest BCUT2D eigenvalue weighted by atomic mass is 16.6. The van der Waals surface area contributed by atoms with Crippen molar-refractivity contribution in [3.8, 4) is 5.88 Å². The van der Waals surface area contributed by atoms with Gasteiger partial charge in [0, 0.05) is 25.9 Å². The molecule has 21 heavy (non-hydrogen) atoms. The molecule has 2 aromatic heterocycles. The molecular weight excluding hydrogens is 276 g/mol. The fourth-order valence-corrected chi connectivity index (χ4v) is 1.72. The summed E-state index contributed by atoms with van der Waals surface area (Å²) in [6, 6.07) is 3.51. The zero-order valence-corrected chi connectivity index (χ0v) is 11.5. The van der Waals surface area contributed by atoms with Crippen LogP contribution < -0.4 is 15.4 Å². The Morgan fingerprint density at radius 2 is 2.10 bits per heavy atom. The average Bonchev–Trinajstić information content (AvgIpc) is 2.52. The molecule has 0 bridgehead atoms. The van der Waals surface area contributed by atoms with Crippen LogP contribution >= 0.6 is 0 Å². The molecule has 0 saturated carbocycles. The number of nitrogens with one attached hydrogen (secondary N) is 2. The van der Waals surface area contributed by atoms with Crippen molar-refractivity contribution in [2.75, 3.05) is 24.8 Å². The molecule has 0 atom stereocenters. The normalized spacial score (nSPS) is 10.0. The van der Waals surface area contributed by atoms with E-state index in [0.717, 1.165) is 5.56 Å². The Balaban J connectivity index is 2.21. The zero-order valence-electron chi connectivity index (χ0n) is 11.5. The van der Waals surface area contributed by atoms with Crippen molar-refractivity contribution in [3.63, 3.8) is 0 Å². The molecule has 0 radical (unpaired) electrons. The van der Waals surface area contributed by atoms with Crippen LogP contribution in [-0.2, 0) is 6.54 Å². The summed E-state index contributed by atoms with van der Waals surface area (Å²) >= 11 is 0. The zero-order chi connectivity index (χ0) is 15.2. The molecule has 0 aliphatic heterocycles. The van der Waals surface area contributed by atoms with Crippen molar-refractivity contribution in [3.05, 3.63) is 40.3 Å². The maximum absolute atomic E-state index is 11.1. The predicted molar refractivity (Wildman–Crippen MR) is 76.3 cm³/mol. The molecule has 2 heterocycles. The van der Waals surface area contributed by atoms with Gasteiger partial charge in [0.1, 0.15) is 6.33 Å². The summed E-state index contributed by atoms with van der Waals surface area (Å²) in [5.74, 6) is 0.780. The molecule has 9 nitrogen and oxygen atoms in total. The Morgan fingerprint density at radius 3 is 2.76 bits per heavy atom. The standard InChI is InChI=1S/C12H14N6O3/c1-13-11-10(18(19)20)12(17-7-16-11)15-6-8-3-4-14-9(5-8)21-2/h3-5,7H,6H2,1-2H3,(H2,13,15,16,17). The van der Waals surface area contributed by atoms with Gasteiger partial charge in [-0.25, -0.2) is 15.0 Å². The number of methoxy groups -OCH3 is 1. The van der Waals surface area contributed by atoms with E-state index in [0.29, 0.717) is 12.4 Å². The molecule has 0 spiro atoms. The first-order valence-corrected chi connectivity index (χ1v) is 6.05. The number of ether oxygens (including phenoxy) is 1. The minimum atomic E-state index is -0.526. The highest BCUT2D eigenvalue weighted by Gasteiger charge is 2.21. The average molecular weight is 290 g/mol. The quantitative estimate of drug-likeness (QED) is 0.606. The summed E-state index contributed by atoms with van der Waals surface area (Å²) in [6.07, 6.45) is 2.86. The van der Waals surface area contributed by atoms with Crippen LogP contribution in [0.15, 0.2) is 24.7 Å². The molecule has 0 aliphatic rings. The second-order valence-electron chi connectivity index (χ2n) is 3.99. The summed E-state index contributed by atoms with van der Waals surface area (Å²) in [5, 5.41) is 16.7. The number of hydrogen-bond acceptors (Lipinski definition) is 8. The Labute approximate surface area is 120 Å². The molecule has 110 valence electrons. The first-order chi connectivity index (χ1) is 10.2. The summed E-state index contributed by atoms with van der Waals surface area (Å²) in [5.41, 5.74) is 0.668. The van der Waals surface area contributed by atoms with Crippen LogP contribution in [0.1, 0.15) is 5.56 Å². The number of hydrogen-bond donors (Lipinski definition) is 2. The van der Waals surface area contributed by atoms with E-state index in [1.165, 1.54) is 13.4 Å². The van der Waals surface area contributed by atoms with E-state index in [2.05, 4.69) is 25.6 Å². The maximum Gasteiger partial charge on any atom is 0.353 e. The minimum Gasteiger partial charge on any atom is -0.481 e. The van der Waals surface area contributed by atoms with E-state index in [4.69, 9.17) is 4.74 Å². The molecule has 2 rings (SSSR count). The number of nitro groups is 1. The molecule has 2 N–H and O–H groups in total. The number of aromatic nitrogens is 3. The summed E-state index contributed by atoms with van der Waals surface area (Å²) in [7, 11) is 3.08. The fraction of sp³-hybridized carbons (Fsp3) is 0.250. The third kappa shape index (κ3) is 3.32. The van der Waals surface area contributed by atoms with Crippen LogP contribution in [-0.4, -0.2) is 34.0 Å². The van der Waals surface area contributed by atoms with Gasteiger partial charge in [-0.2, -0.15) is 0 Å². The number of pyridine rings is 1. The van der Waals surface area contributed by atoms with Gasteiger partial charge in [0.05, 0.1) is 12.0 Å². The Kier molecular flexibility index (Phi) is 4.44. The number of anilines is 2. The van der Waals surface area contributed by atoms with Crippen LogP contribution in [0.4, 0.5) is 17.3 Å². The smallest absolute Gasteiger partial charge is 0.353 e. The van der Waals surface area contributed by atoms with E-state index in [1.807, 2.05) is 0 Å². The van der Waals surface area contributed by atoms with Gasteiger partial charge in [0.25, 0.3) is 0 Å². The van der Waals surface area contributed by atoms with E-state index in [9.17, 15) is 10.1 Å². The first-order valence-electron chi connectivity index (χ1n) is 6.05. The maximum atomic E-state index is 11.1. The Morgan fingerprint density at radius 1 is 1.33 bits per heavy atom. The molecule has 2 aromatic rings. The molecule has 0 fully saturated rings. The third-order valence-corrected chi connectivity index (χ3v) is 2.71. The lowest BCUT2D eigenvalue weighted by Gasteiger charge is -2.08. The van der Waals surface area contributed by atoms with Crippen LogP contribution in [0, 0.1) is 10.1 Å². The lowest BCUT2D eigenvalue weighted by Crippen LogP contribution is -2.08. The molecule has 0 amide bonds. The Hall–Kier alpha value is -2.97. The van der Waals surface area contributed by atoms with Gasteiger partial charge >= 0.3 is 5.69 Å². The summed E-state index contributed by atoms with van der Waals surface area (Å²) < 4.78 is 5.02. The number of nitrogens with zero attached hydrogens (tertiary/aromatic N) is 4. The van der Waals surface area contributed by atoms with Crippen LogP contribution in [0.25, 0.3) is 0 Å². The highest BCUT2D eigenvalue weighted by Crippen LogP contribution is 2.28. The lowest BCUT2D eigenvalue weighted by molar-refractivity contribution is -0.383. The molecule has 0 saturated heterocycles. The van der Waals surface area contributed by atoms with Crippen molar-refractivity contribution in [2.24, 2.45) is 0 Å². The monoisotopic (exact) mass is 290 g/mol. The second kappa shape index (κ2) is 6.46. The third-order valence-electron chi connectivity index (χ3n) is 2.71. The second-order valence-corrected chi connectivity index (χ2v) is 3.99. The molecule has 0 aromatic carbocycles. The largest absolute Gasteiger partial charge is 0.481 e. The van der Waals surface area contributed by atoms with Gasteiger partial charge < -0.3 is 15.4 Å². The molecule has 0 unspecified atom stereocenters. The van der Waals surface area contributed by atoms with Crippen LogP contribution in [0.5, 0.6) is 5.88 Å². The van der Waals surface area contributed by atoms with Gasteiger partial charge in [-0.05, 0) is 11.6 Å². The van der Waals surface area contributed by atoms with Gasteiger partial charge in [0.2, 0.25) is 17.5 Å². The molecule has 9 heteroatoms. The van der Waals surface area contributed by atoms with E-state index in [1.54, 1.807) is 25.4 Å². The van der Waals surface area contributed by atoms with Crippen molar-refractivity contribution in [1.82, 2.24) is 15.0 Å². The summed E-state index contributed by atoms with van der Waals surface area (Å²) in [6.45, 7) is 0.347. The SMILES string of the molecule is CNc1ncnc(NCc2ccnc(OC)c2)c1[N+](=O)[O-]. The lowest BCUT2D eigenvalue weighted by atomic mass is 10.2. The van der Waals surface area contributed by atoms with E-state index < -0.39 is 4.92 Å². The topological polar surface area (TPSA) is 115 Å². The van der Waals surface area contributed by atoms with Crippen molar-refractivity contribution >= 4 is 17.3 Å². The van der Waals surface area contributed by atoms with Crippen molar-refractivity contribution in [1.29, 1.82) is 0 Å². The van der Waals surface area contributed by atoms with Gasteiger partial charge in [0.15, 0.2) is 0 Å². The molecular formula is C12H14N6O3. The van der Waals surface area contributed by atoms with Crippen LogP contribution in [0.2, 0.25) is 0 Å². The number of rotatable bonds is 6. The summed E-state index contributed by atoms with van der Waals surface area (Å²) in [4.78, 5) is 22.3. The minimum absolute atomic E-state index is 0.148. The van der Waals surface area contributed by atoms with Crippen molar-refractivity contribution < 1.29 is 9.66 Å². The first kappa shape index (κ1) is 14.4.